The Balaban J connectivity index is 1.91. The van der Waals surface area contributed by atoms with Crippen LogP contribution in [0.3, 0.4) is 0 Å². The van der Waals surface area contributed by atoms with Crippen LogP contribution >= 0.6 is 0 Å². The van der Waals surface area contributed by atoms with Gasteiger partial charge in [-0.2, -0.15) is 15.8 Å². The van der Waals surface area contributed by atoms with Crippen LogP contribution in [0.25, 0.3) is 0 Å². The van der Waals surface area contributed by atoms with E-state index in [1.165, 1.54) is 0 Å². The average Bonchev–Trinajstić information content (AvgIpc) is 3.33. The minimum atomic E-state index is -1.53. The molecule has 0 amide bonds. The first-order valence-electron chi connectivity index (χ1n) is 8.41. The van der Waals surface area contributed by atoms with E-state index in [9.17, 15) is 15.8 Å². The largest absolute Gasteiger partial charge is 0.384 e. The Bertz CT molecular complexity index is 879. The van der Waals surface area contributed by atoms with Gasteiger partial charge in [-0.1, -0.05) is 30.4 Å². The fraction of sp³-hybridized carbons (Fsp3) is 0.350. The summed E-state index contributed by atoms with van der Waals surface area (Å²) in [7, 11) is 0. The van der Waals surface area contributed by atoms with E-state index in [-0.39, 0.29) is 17.3 Å². The van der Waals surface area contributed by atoms with Crippen LogP contribution in [0.4, 0.5) is 5.69 Å². The highest BCUT2D eigenvalue weighted by Crippen LogP contribution is 2.55. The van der Waals surface area contributed by atoms with Crippen molar-refractivity contribution < 1.29 is 0 Å². The van der Waals surface area contributed by atoms with Gasteiger partial charge in [0, 0.05) is 5.69 Å². The number of nitriles is 3. The molecule has 0 aromatic heterocycles. The highest BCUT2D eigenvalue weighted by Gasteiger charge is 2.60. The number of anilines is 1. The highest BCUT2D eigenvalue weighted by atomic mass is 15.3. The number of allylic oxidation sites excluding steroid dienone is 2. The summed E-state index contributed by atoms with van der Waals surface area (Å²) in [6.07, 6.45) is 6.40. The Morgan fingerprint density at radius 3 is 2.28 bits per heavy atom. The molecule has 4 rings (SSSR count). The zero-order valence-electron chi connectivity index (χ0n) is 13.6. The van der Waals surface area contributed by atoms with Crippen LogP contribution in [-0.2, 0) is 0 Å². The lowest BCUT2D eigenvalue weighted by Crippen LogP contribution is -2.48. The maximum Gasteiger partial charge on any atom is 0.202 e. The summed E-state index contributed by atoms with van der Waals surface area (Å²) in [5, 5.41) is 29.5. The van der Waals surface area contributed by atoms with E-state index in [2.05, 4.69) is 30.4 Å². The van der Waals surface area contributed by atoms with Gasteiger partial charge in [-0.25, -0.2) is 0 Å². The summed E-state index contributed by atoms with van der Waals surface area (Å²) in [5.74, 6) is 1.18. The van der Waals surface area contributed by atoms with Gasteiger partial charge in [0.1, 0.15) is 17.5 Å². The smallest absolute Gasteiger partial charge is 0.202 e. The van der Waals surface area contributed by atoms with Crippen LogP contribution < -0.4 is 10.6 Å². The number of nitrogens with two attached hydrogens (primary N) is 1. The molecule has 2 bridgehead atoms. The summed E-state index contributed by atoms with van der Waals surface area (Å²) >= 11 is 0. The van der Waals surface area contributed by atoms with E-state index in [4.69, 9.17) is 5.73 Å². The Morgan fingerprint density at radius 1 is 1.04 bits per heavy atom. The van der Waals surface area contributed by atoms with E-state index in [0.717, 1.165) is 18.5 Å². The molecule has 2 N–H and O–H groups in total. The lowest BCUT2D eigenvalue weighted by Gasteiger charge is -2.38. The SMILES string of the molecule is N#CC1=C(N)N(c2ccccc2)[C@@H]([C@H]2C[C@H]3C=C[C@H]2C3)C1(C#N)C#N. The zero-order valence-corrected chi connectivity index (χ0v) is 13.6. The number of rotatable bonds is 2. The van der Waals surface area contributed by atoms with Crippen LogP contribution in [0, 0.1) is 57.2 Å². The molecule has 2 aliphatic carbocycles. The zero-order chi connectivity index (χ0) is 17.6. The molecule has 5 heteroatoms. The second-order valence-electron chi connectivity index (χ2n) is 7.00. The van der Waals surface area contributed by atoms with Crippen molar-refractivity contribution in [3.63, 3.8) is 0 Å². The molecule has 0 saturated heterocycles. The van der Waals surface area contributed by atoms with Crippen molar-refractivity contribution in [2.45, 2.75) is 18.9 Å². The third-order valence-electron chi connectivity index (χ3n) is 5.87. The molecule has 0 radical (unpaired) electrons. The maximum absolute atomic E-state index is 9.94. The molecule has 122 valence electrons. The van der Waals surface area contributed by atoms with Gasteiger partial charge in [0.15, 0.2) is 0 Å². The molecular weight excluding hydrogens is 310 g/mol. The summed E-state index contributed by atoms with van der Waals surface area (Å²) in [6.45, 7) is 0. The summed E-state index contributed by atoms with van der Waals surface area (Å²) < 4.78 is 0. The van der Waals surface area contributed by atoms with Crippen LogP contribution in [-0.4, -0.2) is 6.04 Å². The van der Waals surface area contributed by atoms with Crippen molar-refractivity contribution >= 4 is 5.69 Å². The molecular formula is C20H17N5. The standard InChI is InChI=1S/C20H17N5/c21-10-17-19(24)25(15-4-2-1-3-5-15)18(20(17,11-22)12-23)16-9-13-6-7-14(16)8-13/h1-7,13-14,16,18H,8-9,24H2/t13-,14-,16-,18-/m0/s1. The van der Waals surface area contributed by atoms with Crippen LogP contribution in [0.15, 0.2) is 53.9 Å². The van der Waals surface area contributed by atoms with Crippen LogP contribution in [0.5, 0.6) is 0 Å². The predicted molar refractivity (Wildman–Crippen MR) is 92.0 cm³/mol. The number of hydrogen-bond acceptors (Lipinski definition) is 5. The van der Waals surface area contributed by atoms with Crippen molar-refractivity contribution in [2.24, 2.45) is 28.9 Å². The lowest BCUT2D eigenvalue weighted by atomic mass is 9.70. The molecule has 25 heavy (non-hydrogen) atoms. The van der Waals surface area contributed by atoms with Gasteiger partial charge in [0.05, 0.1) is 18.2 Å². The van der Waals surface area contributed by atoms with Crippen molar-refractivity contribution in [3.05, 3.63) is 53.9 Å². The van der Waals surface area contributed by atoms with Crippen LogP contribution in [0.2, 0.25) is 0 Å². The lowest BCUT2D eigenvalue weighted by molar-refractivity contribution is 0.302. The second-order valence-corrected chi connectivity index (χ2v) is 7.00. The van der Waals surface area contributed by atoms with Gasteiger partial charge in [0.2, 0.25) is 5.41 Å². The Hall–Kier alpha value is -3.23. The quantitative estimate of drug-likeness (QED) is 0.842. The van der Waals surface area contributed by atoms with Crippen molar-refractivity contribution in [1.82, 2.24) is 0 Å². The molecule has 1 aliphatic heterocycles. The van der Waals surface area contributed by atoms with Crippen LogP contribution in [0.1, 0.15) is 12.8 Å². The first kappa shape index (κ1) is 15.3. The fourth-order valence-corrected chi connectivity index (χ4v) is 4.82. The molecule has 1 fully saturated rings. The van der Waals surface area contributed by atoms with Gasteiger partial charge in [0.25, 0.3) is 0 Å². The van der Waals surface area contributed by atoms with E-state index in [0.29, 0.717) is 11.8 Å². The molecule has 1 saturated carbocycles. The third kappa shape index (κ3) is 1.92. The van der Waals surface area contributed by atoms with E-state index in [1.807, 2.05) is 35.2 Å². The van der Waals surface area contributed by atoms with Crippen molar-refractivity contribution in [2.75, 3.05) is 4.90 Å². The van der Waals surface area contributed by atoms with E-state index < -0.39 is 11.5 Å². The van der Waals surface area contributed by atoms with Gasteiger partial charge >= 0.3 is 0 Å². The topological polar surface area (TPSA) is 101 Å². The molecule has 3 aliphatic rings. The molecule has 0 unspecified atom stereocenters. The normalized spacial score (nSPS) is 31.6. The number of para-hydroxylation sites is 1. The number of nitrogens with zero attached hydrogens (tertiary/aromatic N) is 4. The monoisotopic (exact) mass is 327 g/mol. The first-order chi connectivity index (χ1) is 12.2. The van der Waals surface area contributed by atoms with Gasteiger partial charge in [-0.05, 0) is 42.7 Å². The average molecular weight is 327 g/mol. The van der Waals surface area contributed by atoms with E-state index in [1.54, 1.807) is 0 Å². The van der Waals surface area contributed by atoms with Gasteiger partial charge < -0.3 is 10.6 Å². The maximum atomic E-state index is 9.94. The molecule has 0 spiro atoms. The highest BCUT2D eigenvalue weighted by molar-refractivity contribution is 5.65. The molecule has 1 aromatic carbocycles. The first-order valence-corrected chi connectivity index (χ1v) is 8.41. The van der Waals surface area contributed by atoms with Gasteiger partial charge in [-0.15, -0.1) is 0 Å². The summed E-state index contributed by atoms with van der Waals surface area (Å²) in [5.41, 5.74) is 5.68. The van der Waals surface area contributed by atoms with Crippen molar-refractivity contribution in [3.8, 4) is 18.2 Å². The number of fused-ring (bicyclic) bond motifs is 2. The third-order valence-corrected chi connectivity index (χ3v) is 5.87. The summed E-state index contributed by atoms with van der Waals surface area (Å²) in [4.78, 5) is 1.85. The molecule has 1 heterocycles. The predicted octanol–water partition coefficient (Wildman–Crippen LogP) is 2.81. The molecule has 4 atom stereocenters. The number of hydrogen-bond donors (Lipinski definition) is 1. The Kier molecular flexibility index (Phi) is 3.31. The summed E-state index contributed by atoms with van der Waals surface area (Å²) in [6, 6.07) is 15.4. The Morgan fingerprint density at radius 2 is 1.76 bits per heavy atom. The van der Waals surface area contributed by atoms with E-state index >= 15 is 0 Å². The second kappa shape index (κ2) is 5.40. The van der Waals surface area contributed by atoms with Crippen molar-refractivity contribution in [1.29, 1.82) is 15.8 Å². The minimum absolute atomic E-state index is 0.0816. The van der Waals surface area contributed by atoms with Gasteiger partial charge in [-0.3, -0.25) is 0 Å². The Labute approximate surface area is 146 Å². The number of benzene rings is 1. The molecule has 1 aromatic rings. The molecule has 5 nitrogen and oxygen atoms in total. The fourth-order valence-electron chi connectivity index (χ4n) is 4.82. The minimum Gasteiger partial charge on any atom is -0.384 e.